The van der Waals surface area contributed by atoms with Crippen LogP contribution in [0.4, 0.5) is 4.79 Å². The Morgan fingerprint density at radius 3 is 2.54 bits per heavy atom. The lowest BCUT2D eigenvalue weighted by Gasteiger charge is -2.12. The molecule has 0 unspecified atom stereocenters. The van der Waals surface area contributed by atoms with E-state index in [1.165, 1.54) is 4.90 Å². The minimum absolute atomic E-state index is 0.117. The summed E-state index contributed by atoms with van der Waals surface area (Å²) in [5.41, 5.74) is 2.53. The van der Waals surface area contributed by atoms with Crippen LogP contribution in [0.2, 0.25) is 15.1 Å². The Morgan fingerprint density at radius 1 is 0.946 bits per heavy atom. The van der Waals surface area contributed by atoms with Gasteiger partial charge in [-0.15, -0.1) is 0 Å². The first-order valence-electron chi connectivity index (χ1n) is 11.1. The number of fused-ring (bicyclic) bond motifs is 1. The smallest absolute Gasteiger partial charge is 0.293 e. The summed E-state index contributed by atoms with van der Waals surface area (Å²) in [6, 6.07) is 18.3. The van der Waals surface area contributed by atoms with Gasteiger partial charge in [0.2, 0.25) is 0 Å². The van der Waals surface area contributed by atoms with Crippen molar-refractivity contribution in [3.63, 3.8) is 0 Å². The molecule has 1 aliphatic heterocycles. The number of hydrogen-bond acceptors (Lipinski definition) is 4. The zero-order valence-electron chi connectivity index (χ0n) is 19.1. The van der Waals surface area contributed by atoms with Gasteiger partial charge in [-0.05, 0) is 65.9 Å². The molecular weight excluding hydrogens is 619 g/mol. The second-order valence-corrected chi connectivity index (χ2v) is 11.4. The van der Waals surface area contributed by atoms with E-state index in [4.69, 9.17) is 39.5 Å². The Morgan fingerprint density at radius 2 is 1.76 bits per heavy atom. The summed E-state index contributed by atoms with van der Waals surface area (Å²) in [6.07, 6.45) is 3.72. The van der Waals surface area contributed by atoms with Crippen LogP contribution in [0.5, 0.6) is 5.75 Å². The van der Waals surface area contributed by atoms with E-state index in [0.717, 1.165) is 38.3 Å². The van der Waals surface area contributed by atoms with Gasteiger partial charge in [0.25, 0.3) is 11.1 Å². The first-order chi connectivity index (χ1) is 17.8. The number of amides is 2. The quantitative estimate of drug-likeness (QED) is 0.191. The van der Waals surface area contributed by atoms with Gasteiger partial charge < -0.3 is 9.30 Å². The molecule has 1 aliphatic rings. The van der Waals surface area contributed by atoms with Gasteiger partial charge >= 0.3 is 0 Å². The van der Waals surface area contributed by atoms with Gasteiger partial charge in [-0.1, -0.05) is 68.9 Å². The van der Waals surface area contributed by atoms with E-state index in [1.807, 2.05) is 42.6 Å². The number of hydrogen-bond donors (Lipinski definition) is 0. The van der Waals surface area contributed by atoms with E-state index in [-0.39, 0.29) is 17.7 Å². The van der Waals surface area contributed by atoms with E-state index in [9.17, 15) is 9.59 Å². The molecule has 0 bridgehead atoms. The van der Waals surface area contributed by atoms with E-state index < -0.39 is 0 Å². The summed E-state index contributed by atoms with van der Waals surface area (Å²) in [4.78, 5) is 27.4. The molecule has 2 heterocycles. The van der Waals surface area contributed by atoms with Crippen molar-refractivity contribution in [2.45, 2.75) is 13.1 Å². The lowest BCUT2D eigenvalue weighted by atomic mass is 10.1. The highest BCUT2D eigenvalue weighted by Gasteiger charge is 2.35. The number of ether oxygens (including phenoxy) is 1. The number of benzene rings is 3. The Balaban J connectivity index is 1.39. The van der Waals surface area contributed by atoms with Crippen LogP contribution in [-0.4, -0.2) is 27.2 Å². The standard InChI is InChI=1S/C27H18BrCl3N2O3S/c28-18-6-8-23-19(13-18)17(15-32(23)9-10-36-24-4-2-1-3-21(24)30)12-25-26(34)33(27(35)37-25)14-16-5-7-20(29)22(31)11-16/h1-8,11-13,15H,9-10,14H2/b25-12-. The summed E-state index contributed by atoms with van der Waals surface area (Å²) < 4.78 is 8.84. The average molecular weight is 637 g/mol. The fourth-order valence-electron chi connectivity index (χ4n) is 4.01. The van der Waals surface area contributed by atoms with Crippen LogP contribution < -0.4 is 4.74 Å². The first kappa shape index (κ1) is 26.2. The van der Waals surface area contributed by atoms with Gasteiger partial charge in [-0.2, -0.15) is 0 Å². The molecule has 0 spiro atoms. The van der Waals surface area contributed by atoms with Crippen LogP contribution in [0.25, 0.3) is 17.0 Å². The van der Waals surface area contributed by atoms with Crippen LogP contribution in [-0.2, 0) is 17.9 Å². The maximum atomic E-state index is 13.2. The van der Waals surface area contributed by atoms with Crippen molar-refractivity contribution in [1.29, 1.82) is 0 Å². The predicted molar refractivity (Wildman–Crippen MR) is 155 cm³/mol. The highest BCUT2D eigenvalue weighted by Crippen LogP contribution is 2.36. The van der Waals surface area contributed by atoms with Crippen molar-refractivity contribution in [3.05, 3.63) is 102 Å². The Kier molecular flexibility index (Phi) is 7.88. The summed E-state index contributed by atoms with van der Waals surface area (Å²) in [7, 11) is 0. The van der Waals surface area contributed by atoms with E-state index in [0.29, 0.717) is 38.9 Å². The fourth-order valence-corrected chi connectivity index (χ4v) is 5.71. The second kappa shape index (κ2) is 11.1. The molecule has 0 radical (unpaired) electrons. The molecule has 5 nitrogen and oxygen atoms in total. The van der Waals surface area contributed by atoms with Crippen LogP contribution in [0.15, 0.2) is 76.2 Å². The summed E-state index contributed by atoms with van der Waals surface area (Å²) >= 11 is 22.7. The van der Waals surface area contributed by atoms with E-state index in [1.54, 1.807) is 30.3 Å². The predicted octanol–water partition coefficient (Wildman–Crippen LogP) is 8.68. The number of imide groups is 1. The second-order valence-electron chi connectivity index (χ2n) is 8.23. The summed E-state index contributed by atoms with van der Waals surface area (Å²) in [5.74, 6) is 0.276. The lowest BCUT2D eigenvalue weighted by Crippen LogP contribution is -2.27. The normalized spacial score (nSPS) is 14.8. The molecule has 0 atom stereocenters. The Hall–Kier alpha value is -2.42. The van der Waals surface area contributed by atoms with E-state index in [2.05, 4.69) is 20.5 Å². The van der Waals surface area contributed by atoms with Crippen molar-refractivity contribution >= 4 is 90.6 Å². The molecule has 1 aromatic heterocycles. The molecule has 5 rings (SSSR count). The number of thioether (sulfide) groups is 1. The van der Waals surface area contributed by atoms with Crippen molar-refractivity contribution in [2.75, 3.05) is 6.61 Å². The van der Waals surface area contributed by atoms with Crippen molar-refractivity contribution < 1.29 is 14.3 Å². The number of para-hydroxylation sites is 1. The van der Waals surface area contributed by atoms with Crippen LogP contribution in [0.1, 0.15) is 11.1 Å². The molecular formula is C27H18BrCl3N2O3S. The zero-order valence-corrected chi connectivity index (χ0v) is 23.8. The third kappa shape index (κ3) is 5.71. The monoisotopic (exact) mass is 634 g/mol. The fraction of sp³-hybridized carbons (Fsp3) is 0.111. The van der Waals surface area contributed by atoms with Crippen LogP contribution >= 0.6 is 62.5 Å². The van der Waals surface area contributed by atoms with Gasteiger partial charge in [0.1, 0.15) is 12.4 Å². The average Bonchev–Trinajstić information content (AvgIpc) is 3.34. The van der Waals surface area contributed by atoms with Gasteiger partial charge in [0.15, 0.2) is 0 Å². The van der Waals surface area contributed by atoms with Gasteiger partial charge in [-0.25, -0.2) is 0 Å². The number of halogens is 4. The Bertz CT molecular complexity index is 1570. The zero-order chi connectivity index (χ0) is 26.1. The van der Waals surface area contributed by atoms with Crippen molar-refractivity contribution in [1.82, 2.24) is 9.47 Å². The molecule has 37 heavy (non-hydrogen) atoms. The number of carbonyl (C=O) groups excluding carboxylic acids is 2. The molecule has 4 aromatic rings. The maximum absolute atomic E-state index is 13.2. The summed E-state index contributed by atoms with van der Waals surface area (Å²) in [6.45, 7) is 1.09. The van der Waals surface area contributed by atoms with Gasteiger partial charge in [-0.3, -0.25) is 14.5 Å². The highest BCUT2D eigenvalue weighted by molar-refractivity contribution is 9.10. The molecule has 1 saturated heterocycles. The van der Waals surface area contributed by atoms with Crippen LogP contribution in [0.3, 0.4) is 0 Å². The molecule has 2 amide bonds. The topological polar surface area (TPSA) is 51.5 Å². The molecule has 0 aliphatic carbocycles. The molecule has 3 aromatic carbocycles. The molecule has 1 fully saturated rings. The maximum Gasteiger partial charge on any atom is 0.293 e. The minimum atomic E-state index is -0.348. The lowest BCUT2D eigenvalue weighted by molar-refractivity contribution is -0.123. The number of rotatable bonds is 7. The number of carbonyl (C=O) groups is 2. The van der Waals surface area contributed by atoms with Crippen LogP contribution in [0, 0.1) is 0 Å². The molecule has 10 heteroatoms. The molecule has 0 N–H and O–H groups in total. The molecule has 188 valence electrons. The minimum Gasteiger partial charge on any atom is -0.490 e. The van der Waals surface area contributed by atoms with Gasteiger partial charge in [0.05, 0.1) is 33.1 Å². The SMILES string of the molecule is O=C1S/C(=C\c2cn(CCOc3ccccc3Cl)c3ccc(Br)cc23)C(=O)N1Cc1ccc(Cl)c(Cl)c1. The van der Waals surface area contributed by atoms with E-state index >= 15 is 0 Å². The number of aromatic nitrogens is 1. The highest BCUT2D eigenvalue weighted by atomic mass is 79.9. The van der Waals surface area contributed by atoms with Gasteiger partial charge in [0, 0.05) is 27.1 Å². The first-order valence-corrected chi connectivity index (χ1v) is 13.9. The largest absolute Gasteiger partial charge is 0.490 e. The third-order valence-electron chi connectivity index (χ3n) is 5.79. The Labute approximate surface area is 241 Å². The van der Waals surface area contributed by atoms with Crippen molar-refractivity contribution in [3.8, 4) is 5.75 Å². The molecule has 0 saturated carbocycles. The summed E-state index contributed by atoms with van der Waals surface area (Å²) in [5, 5.41) is 1.96. The number of nitrogens with zero attached hydrogens (tertiary/aromatic N) is 2. The van der Waals surface area contributed by atoms with Crippen molar-refractivity contribution in [2.24, 2.45) is 0 Å². The third-order valence-corrected chi connectivity index (χ3v) is 8.24.